The molecule has 4 aliphatic rings. The summed E-state index contributed by atoms with van der Waals surface area (Å²) < 4.78 is 0. The van der Waals surface area contributed by atoms with E-state index < -0.39 is 0 Å². The largest absolute Gasteiger partial charge is 4.00 e. The van der Waals surface area contributed by atoms with Crippen molar-refractivity contribution in [1.82, 2.24) is 0 Å². The molecule has 4 rings (SSSR count). The Labute approximate surface area is 151 Å². The zero-order valence-corrected chi connectivity index (χ0v) is 15.0. The standard InChI is InChI=1S/C20H24.Zr.2H/c1-2-6-18-12-15(11-17(18)5-1)9-10-16-13-19-7-3-4-8-20(19)14-16;;;/h1-8,11,13,15-20H,9-10,12,14H2;;;/q-2;+4;2*-1. The van der Waals surface area contributed by atoms with Crippen LogP contribution in [0.25, 0.3) is 0 Å². The van der Waals surface area contributed by atoms with E-state index in [1.165, 1.54) is 25.7 Å². The summed E-state index contributed by atoms with van der Waals surface area (Å²) in [7, 11) is 0. The average molecular weight is 358 g/mol. The van der Waals surface area contributed by atoms with Gasteiger partial charge in [0.15, 0.2) is 0 Å². The number of rotatable bonds is 3. The van der Waals surface area contributed by atoms with E-state index in [1.807, 2.05) is 0 Å². The van der Waals surface area contributed by atoms with Crippen LogP contribution >= 0.6 is 0 Å². The van der Waals surface area contributed by atoms with Crippen LogP contribution in [0.1, 0.15) is 28.5 Å². The Morgan fingerprint density at radius 3 is 1.57 bits per heavy atom. The van der Waals surface area contributed by atoms with Crippen LogP contribution < -0.4 is 0 Å². The summed E-state index contributed by atoms with van der Waals surface area (Å²) in [6.07, 6.45) is 29.3. The van der Waals surface area contributed by atoms with Crippen LogP contribution in [0, 0.1) is 48.3 Å². The Hall–Kier alpha value is -0.157. The van der Waals surface area contributed by atoms with Gasteiger partial charge in [0.05, 0.1) is 0 Å². The van der Waals surface area contributed by atoms with Gasteiger partial charge in [-0.25, -0.2) is 0 Å². The minimum Gasteiger partial charge on any atom is -1.00 e. The van der Waals surface area contributed by atoms with Gasteiger partial charge in [0.25, 0.3) is 0 Å². The van der Waals surface area contributed by atoms with Crippen LogP contribution in [0.15, 0.2) is 48.6 Å². The Balaban J connectivity index is 0.000000882. The van der Waals surface area contributed by atoms with E-state index in [9.17, 15) is 0 Å². The second-order valence-corrected chi connectivity index (χ2v) is 6.98. The second-order valence-electron chi connectivity index (χ2n) is 6.98. The maximum absolute atomic E-state index is 2.62. The van der Waals surface area contributed by atoms with E-state index in [-0.39, 0.29) is 29.1 Å². The molecule has 0 heterocycles. The SMILES string of the molecule is C1=CC2[CH-]C(CCC3[CH-]C4C=CC=CC4C3)CC2C=C1.[H-].[H-].[Zr+4]. The van der Waals surface area contributed by atoms with Gasteiger partial charge in [0.2, 0.25) is 0 Å². The monoisotopic (exact) mass is 356 g/mol. The van der Waals surface area contributed by atoms with Gasteiger partial charge in [-0.1, -0.05) is 62.1 Å². The zero-order valence-electron chi connectivity index (χ0n) is 14.6. The quantitative estimate of drug-likeness (QED) is 0.612. The molecule has 0 saturated heterocycles. The zero-order chi connectivity index (χ0) is 13.4. The summed E-state index contributed by atoms with van der Waals surface area (Å²) in [5, 5.41) is 0. The molecule has 0 aromatic carbocycles. The number of hydrogen-bond donors (Lipinski definition) is 0. The molecule has 21 heavy (non-hydrogen) atoms. The van der Waals surface area contributed by atoms with Gasteiger partial charge in [-0.3, -0.25) is 0 Å². The first-order valence-corrected chi connectivity index (χ1v) is 8.28. The van der Waals surface area contributed by atoms with Crippen LogP contribution in [0.3, 0.4) is 0 Å². The molecule has 0 spiro atoms. The van der Waals surface area contributed by atoms with Crippen LogP contribution in [-0.4, -0.2) is 0 Å². The molecule has 2 saturated carbocycles. The molecule has 1 heteroatoms. The van der Waals surface area contributed by atoms with E-state index >= 15 is 0 Å². The number of fused-ring (bicyclic) bond motifs is 2. The average Bonchev–Trinajstić information content (AvgIpc) is 3.07. The maximum atomic E-state index is 2.62. The Bertz CT molecular complexity index is 396. The van der Waals surface area contributed by atoms with Crippen molar-refractivity contribution in [3.63, 3.8) is 0 Å². The molecular formula is C20H26Zr. The van der Waals surface area contributed by atoms with Gasteiger partial charge in [0, 0.05) is 0 Å². The van der Waals surface area contributed by atoms with Crippen molar-refractivity contribution in [3.05, 3.63) is 61.4 Å². The van der Waals surface area contributed by atoms with E-state index in [4.69, 9.17) is 0 Å². The fourth-order valence-electron chi connectivity index (χ4n) is 4.57. The summed E-state index contributed by atoms with van der Waals surface area (Å²) in [6, 6.07) is 0. The van der Waals surface area contributed by atoms with Gasteiger partial charge in [0.1, 0.15) is 0 Å². The fraction of sp³-hybridized carbons (Fsp3) is 0.500. The van der Waals surface area contributed by atoms with E-state index in [1.54, 1.807) is 0 Å². The van der Waals surface area contributed by atoms with Gasteiger partial charge in [-0.05, 0) is 11.8 Å². The molecule has 110 valence electrons. The third kappa shape index (κ3) is 3.44. The topological polar surface area (TPSA) is 0 Å². The maximum Gasteiger partial charge on any atom is 4.00 e. The van der Waals surface area contributed by atoms with Crippen LogP contribution in [0.5, 0.6) is 0 Å². The Kier molecular flexibility index (Phi) is 5.20. The minimum atomic E-state index is 0. The van der Waals surface area contributed by atoms with Gasteiger partial charge >= 0.3 is 26.2 Å². The Morgan fingerprint density at radius 2 is 1.14 bits per heavy atom. The molecule has 0 N–H and O–H groups in total. The summed E-state index contributed by atoms with van der Waals surface area (Å²) >= 11 is 0. The molecule has 0 radical (unpaired) electrons. The molecule has 0 amide bonds. The first kappa shape index (κ1) is 15.7. The van der Waals surface area contributed by atoms with E-state index in [0.29, 0.717) is 0 Å². The summed E-state index contributed by atoms with van der Waals surface area (Å²) in [5.74, 6) is 4.74. The van der Waals surface area contributed by atoms with Crippen LogP contribution in [0.4, 0.5) is 0 Å². The van der Waals surface area contributed by atoms with Gasteiger partial charge in [-0.2, -0.15) is 11.8 Å². The predicted octanol–water partition coefficient (Wildman–Crippen LogP) is 5.15. The summed E-state index contributed by atoms with van der Waals surface area (Å²) in [5.41, 5.74) is 0. The van der Waals surface area contributed by atoms with Crippen molar-refractivity contribution in [2.75, 3.05) is 0 Å². The third-order valence-electron chi connectivity index (χ3n) is 5.64. The van der Waals surface area contributed by atoms with Crippen molar-refractivity contribution in [1.29, 1.82) is 0 Å². The molecule has 0 aromatic heterocycles. The molecule has 0 aromatic rings. The van der Waals surface area contributed by atoms with E-state index in [0.717, 1.165) is 35.5 Å². The van der Waals surface area contributed by atoms with Crippen molar-refractivity contribution in [2.24, 2.45) is 35.5 Å². The summed E-state index contributed by atoms with van der Waals surface area (Å²) in [6.45, 7) is 0. The van der Waals surface area contributed by atoms with Crippen molar-refractivity contribution >= 4 is 0 Å². The molecule has 0 nitrogen and oxygen atoms in total. The molecule has 0 aliphatic heterocycles. The minimum absolute atomic E-state index is 0. The Morgan fingerprint density at radius 1 is 0.714 bits per heavy atom. The third-order valence-corrected chi connectivity index (χ3v) is 5.64. The smallest absolute Gasteiger partial charge is 1.00 e. The first-order valence-electron chi connectivity index (χ1n) is 8.28. The molecule has 6 unspecified atom stereocenters. The second kappa shape index (κ2) is 6.95. The van der Waals surface area contributed by atoms with Crippen molar-refractivity contribution in [2.45, 2.75) is 25.7 Å². The molecule has 0 bridgehead atoms. The predicted molar refractivity (Wildman–Crippen MR) is 86.8 cm³/mol. The normalized spacial score (nSPS) is 42.7. The fourth-order valence-corrected chi connectivity index (χ4v) is 4.57. The molecule has 6 atom stereocenters. The first-order chi connectivity index (χ1) is 9.88. The van der Waals surface area contributed by atoms with Gasteiger partial charge < -0.3 is 15.7 Å². The molecular weight excluding hydrogens is 331 g/mol. The van der Waals surface area contributed by atoms with Crippen molar-refractivity contribution < 1.29 is 29.1 Å². The summed E-state index contributed by atoms with van der Waals surface area (Å²) in [4.78, 5) is 0. The molecule has 4 aliphatic carbocycles. The van der Waals surface area contributed by atoms with Gasteiger partial charge in [-0.15, -0.1) is 24.0 Å². The van der Waals surface area contributed by atoms with Crippen LogP contribution in [0.2, 0.25) is 0 Å². The number of hydrogen-bond acceptors (Lipinski definition) is 0. The van der Waals surface area contributed by atoms with Crippen LogP contribution in [-0.2, 0) is 26.2 Å². The molecule has 2 fully saturated rings. The number of allylic oxidation sites excluding steroid dienone is 8. The van der Waals surface area contributed by atoms with E-state index in [2.05, 4.69) is 61.4 Å². The van der Waals surface area contributed by atoms with Crippen molar-refractivity contribution in [3.8, 4) is 0 Å².